The Morgan fingerprint density at radius 3 is 2.44 bits per heavy atom. The maximum absolute atomic E-state index is 12.7. The SMILES string of the molecule is CCOc1ccc(CC(CNC(=O)c2cccc(C(F)F)c2)C(=O)O)cc1. The number of ether oxygens (including phenoxy) is 1. The van der Waals surface area contributed by atoms with Gasteiger partial charge in [-0.15, -0.1) is 0 Å². The summed E-state index contributed by atoms with van der Waals surface area (Å²) in [5.41, 5.74) is 0.602. The van der Waals surface area contributed by atoms with Crippen LogP contribution < -0.4 is 10.1 Å². The topological polar surface area (TPSA) is 75.6 Å². The van der Waals surface area contributed by atoms with Gasteiger partial charge in [-0.2, -0.15) is 0 Å². The molecule has 1 amide bonds. The van der Waals surface area contributed by atoms with Crippen LogP contribution in [0.5, 0.6) is 5.75 Å². The number of carbonyl (C=O) groups is 2. The number of alkyl halides is 2. The number of carboxylic acids is 1. The fraction of sp³-hybridized carbons (Fsp3) is 0.300. The van der Waals surface area contributed by atoms with Gasteiger partial charge in [0.05, 0.1) is 12.5 Å². The third kappa shape index (κ3) is 6.06. The molecule has 1 atom stereocenters. The van der Waals surface area contributed by atoms with E-state index < -0.39 is 24.2 Å². The fourth-order valence-corrected chi connectivity index (χ4v) is 2.55. The van der Waals surface area contributed by atoms with Gasteiger partial charge in [0, 0.05) is 17.7 Å². The molecule has 0 aliphatic heterocycles. The zero-order valence-electron chi connectivity index (χ0n) is 14.8. The molecule has 0 bridgehead atoms. The van der Waals surface area contributed by atoms with Gasteiger partial charge >= 0.3 is 5.97 Å². The zero-order valence-corrected chi connectivity index (χ0v) is 14.8. The minimum Gasteiger partial charge on any atom is -0.494 e. The lowest BCUT2D eigenvalue weighted by Crippen LogP contribution is -2.34. The van der Waals surface area contributed by atoms with Crippen LogP contribution in [0.4, 0.5) is 8.78 Å². The lowest BCUT2D eigenvalue weighted by Gasteiger charge is -2.14. The third-order valence-corrected chi connectivity index (χ3v) is 3.98. The predicted octanol–water partition coefficient (Wildman–Crippen LogP) is 3.70. The maximum Gasteiger partial charge on any atom is 0.308 e. The van der Waals surface area contributed by atoms with Crippen molar-refractivity contribution >= 4 is 11.9 Å². The Kier molecular flexibility index (Phi) is 7.28. The first-order valence-corrected chi connectivity index (χ1v) is 8.51. The summed E-state index contributed by atoms with van der Waals surface area (Å²) in [6.45, 7) is 2.30. The van der Waals surface area contributed by atoms with Crippen LogP contribution in [0.3, 0.4) is 0 Å². The fourth-order valence-electron chi connectivity index (χ4n) is 2.55. The summed E-state index contributed by atoms with van der Waals surface area (Å²) in [6.07, 6.45) is -2.46. The van der Waals surface area contributed by atoms with Crippen molar-refractivity contribution < 1.29 is 28.2 Å². The molecule has 144 valence electrons. The molecule has 2 aromatic carbocycles. The molecule has 1 unspecified atom stereocenters. The summed E-state index contributed by atoms with van der Waals surface area (Å²) >= 11 is 0. The van der Waals surface area contributed by atoms with E-state index in [1.54, 1.807) is 24.3 Å². The smallest absolute Gasteiger partial charge is 0.308 e. The average molecular weight is 377 g/mol. The molecule has 2 rings (SSSR count). The quantitative estimate of drug-likeness (QED) is 0.699. The van der Waals surface area contributed by atoms with Crippen molar-refractivity contribution in [3.8, 4) is 5.75 Å². The zero-order chi connectivity index (χ0) is 19.8. The van der Waals surface area contributed by atoms with E-state index in [9.17, 15) is 23.5 Å². The Morgan fingerprint density at radius 1 is 1.15 bits per heavy atom. The van der Waals surface area contributed by atoms with Crippen molar-refractivity contribution in [3.63, 3.8) is 0 Å². The predicted molar refractivity (Wildman–Crippen MR) is 96.2 cm³/mol. The molecule has 5 nitrogen and oxygen atoms in total. The van der Waals surface area contributed by atoms with Gasteiger partial charge in [-0.25, -0.2) is 8.78 Å². The molecule has 27 heavy (non-hydrogen) atoms. The third-order valence-electron chi connectivity index (χ3n) is 3.98. The highest BCUT2D eigenvalue weighted by atomic mass is 19.3. The lowest BCUT2D eigenvalue weighted by molar-refractivity contribution is -0.141. The van der Waals surface area contributed by atoms with Crippen molar-refractivity contribution in [1.82, 2.24) is 5.32 Å². The number of nitrogens with one attached hydrogen (secondary N) is 1. The number of hydrogen-bond acceptors (Lipinski definition) is 3. The van der Waals surface area contributed by atoms with Crippen LogP contribution in [0.15, 0.2) is 48.5 Å². The summed E-state index contributed by atoms with van der Waals surface area (Å²) in [7, 11) is 0. The van der Waals surface area contributed by atoms with E-state index in [0.717, 1.165) is 11.6 Å². The van der Waals surface area contributed by atoms with E-state index in [1.807, 2.05) is 6.92 Å². The van der Waals surface area contributed by atoms with E-state index in [0.29, 0.717) is 12.4 Å². The molecule has 0 aliphatic rings. The molecule has 0 saturated carbocycles. The molecule has 0 aliphatic carbocycles. The molecular formula is C20H21F2NO4. The second kappa shape index (κ2) is 9.66. The number of benzene rings is 2. The van der Waals surface area contributed by atoms with Gasteiger partial charge in [0.25, 0.3) is 12.3 Å². The highest BCUT2D eigenvalue weighted by molar-refractivity contribution is 5.94. The number of amides is 1. The second-order valence-electron chi connectivity index (χ2n) is 5.95. The van der Waals surface area contributed by atoms with E-state index in [1.165, 1.54) is 18.2 Å². The second-order valence-corrected chi connectivity index (χ2v) is 5.95. The minimum atomic E-state index is -2.68. The molecule has 0 saturated heterocycles. The summed E-state index contributed by atoms with van der Waals surface area (Å²) in [6, 6.07) is 12.2. The van der Waals surface area contributed by atoms with Crippen LogP contribution in [-0.4, -0.2) is 30.1 Å². The first kappa shape index (κ1) is 20.4. The molecular weight excluding hydrogens is 356 g/mol. The Morgan fingerprint density at radius 2 is 1.85 bits per heavy atom. The molecule has 0 heterocycles. The normalized spacial score (nSPS) is 11.9. The molecule has 0 spiro atoms. The number of aliphatic carboxylic acids is 1. The molecule has 2 N–H and O–H groups in total. The average Bonchev–Trinajstić information content (AvgIpc) is 2.66. The van der Waals surface area contributed by atoms with Crippen LogP contribution in [0.2, 0.25) is 0 Å². The maximum atomic E-state index is 12.7. The molecule has 0 radical (unpaired) electrons. The summed E-state index contributed by atoms with van der Waals surface area (Å²) < 4.78 is 30.8. The van der Waals surface area contributed by atoms with Gasteiger partial charge in [0.1, 0.15) is 5.75 Å². The van der Waals surface area contributed by atoms with E-state index in [-0.39, 0.29) is 24.1 Å². The number of carbonyl (C=O) groups excluding carboxylic acids is 1. The van der Waals surface area contributed by atoms with Gasteiger partial charge in [0.2, 0.25) is 0 Å². The summed E-state index contributed by atoms with van der Waals surface area (Å²) in [4.78, 5) is 23.6. The largest absolute Gasteiger partial charge is 0.494 e. The minimum absolute atomic E-state index is 0.0676. The monoisotopic (exact) mass is 377 g/mol. The Bertz CT molecular complexity index is 778. The van der Waals surface area contributed by atoms with Crippen molar-refractivity contribution in [2.75, 3.05) is 13.2 Å². The molecule has 0 aromatic heterocycles. The van der Waals surface area contributed by atoms with Gasteiger partial charge in [-0.05, 0) is 43.2 Å². The van der Waals surface area contributed by atoms with Gasteiger partial charge in [-0.3, -0.25) is 9.59 Å². The van der Waals surface area contributed by atoms with Crippen LogP contribution in [0.25, 0.3) is 0 Å². The van der Waals surface area contributed by atoms with Crippen molar-refractivity contribution in [2.24, 2.45) is 5.92 Å². The molecule has 0 fully saturated rings. The van der Waals surface area contributed by atoms with Gasteiger partial charge < -0.3 is 15.2 Å². The highest BCUT2D eigenvalue weighted by Gasteiger charge is 2.20. The van der Waals surface area contributed by atoms with Crippen molar-refractivity contribution in [3.05, 3.63) is 65.2 Å². The molecule has 2 aromatic rings. The van der Waals surface area contributed by atoms with Crippen LogP contribution >= 0.6 is 0 Å². The first-order chi connectivity index (χ1) is 12.9. The van der Waals surface area contributed by atoms with Crippen LogP contribution in [0.1, 0.15) is 34.8 Å². The lowest BCUT2D eigenvalue weighted by atomic mass is 9.99. The van der Waals surface area contributed by atoms with E-state index in [4.69, 9.17) is 4.74 Å². The summed E-state index contributed by atoms with van der Waals surface area (Å²) in [5.74, 6) is -1.79. The number of rotatable bonds is 9. The summed E-state index contributed by atoms with van der Waals surface area (Å²) in [5, 5.41) is 11.9. The first-order valence-electron chi connectivity index (χ1n) is 8.51. The van der Waals surface area contributed by atoms with Crippen molar-refractivity contribution in [2.45, 2.75) is 19.8 Å². The molecule has 7 heteroatoms. The van der Waals surface area contributed by atoms with Crippen LogP contribution in [-0.2, 0) is 11.2 Å². The number of hydrogen-bond donors (Lipinski definition) is 2. The standard InChI is InChI=1S/C20H21F2NO4/c1-2-27-17-8-6-13(7-9-17)10-16(20(25)26)12-23-19(24)15-5-3-4-14(11-15)18(21)22/h3-9,11,16,18H,2,10,12H2,1H3,(H,23,24)(H,25,26). The van der Waals surface area contributed by atoms with Gasteiger partial charge in [0.15, 0.2) is 0 Å². The Balaban J connectivity index is 1.98. The van der Waals surface area contributed by atoms with Gasteiger partial charge in [-0.1, -0.05) is 24.3 Å². The number of carboxylic acid groups (broad SMARTS) is 1. The Labute approximate surface area is 156 Å². The van der Waals surface area contributed by atoms with Crippen molar-refractivity contribution in [1.29, 1.82) is 0 Å². The number of halogens is 2. The van der Waals surface area contributed by atoms with Crippen LogP contribution in [0, 0.1) is 5.92 Å². The highest BCUT2D eigenvalue weighted by Crippen LogP contribution is 2.19. The van der Waals surface area contributed by atoms with E-state index >= 15 is 0 Å². The Hall–Kier alpha value is -2.96. The van der Waals surface area contributed by atoms with E-state index in [2.05, 4.69) is 5.32 Å².